The number of H-pyrrole nitrogens is 1. The molecule has 1 aromatic carbocycles. The summed E-state index contributed by atoms with van der Waals surface area (Å²) in [4.78, 5) is 26.7. The molecule has 3 heterocycles. The Balaban J connectivity index is 1.38. The minimum atomic E-state index is -0.491. The molecule has 3 aromatic rings. The van der Waals surface area contributed by atoms with Crippen molar-refractivity contribution in [3.05, 3.63) is 47.9 Å². The number of aromatic nitrogens is 3. The molecule has 0 saturated carbocycles. The average molecular weight is 409 g/mol. The van der Waals surface area contributed by atoms with Crippen LogP contribution in [0, 0.1) is 0 Å². The molecule has 1 atom stereocenters. The summed E-state index contributed by atoms with van der Waals surface area (Å²) >= 11 is 0. The second kappa shape index (κ2) is 8.31. The number of carbonyl (C=O) groups is 1. The van der Waals surface area contributed by atoms with Crippen LogP contribution in [0.1, 0.15) is 24.5 Å². The average Bonchev–Trinajstić information content (AvgIpc) is 3.37. The van der Waals surface area contributed by atoms with Gasteiger partial charge in [0.1, 0.15) is 23.5 Å². The van der Waals surface area contributed by atoms with Gasteiger partial charge in [0.2, 0.25) is 5.91 Å². The van der Waals surface area contributed by atoms with Crippen LogP contribution < -0.4 is 20.7 Å². The number of methoxy groups -OCH3 is 1. The molecule has 0 spiro atoms. The Labute approximate surface area is 175 Å². The molecule has 0 bridgehead atoms. The minimum Gasteiger partial charge on any atom is -0.497 e. The van der Waals surface area contributed by atoms with Crippen LogP contribution in [0.15, 0.2) is 36.8 Å². The van der Waals surface area contributed by atoms with Crippen LogP contribution in [0.2, 0.25) is 0 Å². The molecule has 2 aromatic heterocycles. The van der Waals surface area contributed by atoms with Crippen molar-refractivity contribution in [1.82, 2.24) is 20.3 Å². The monoisotopic (exact) mass is 408 g/mol. The molecule has 8 nitrogen and oxygen atoms in total. The van der Waals surface area contributed by atoms with Crippen molar-refractivity contribution in [1.29, 1.82) is 0 Å². The molecule has 1 aliphatic heterocycles. The summed E-state index contributed by atoms with van der Waals surface area (Å²) in [6.45, 7) is 3.98. The number of ether oxygens (including phenoxy) is 1. The van der Waals surface area contributed by atoms with E-state index in [9.17, 15) is 4.79 Å². The van der Waals surface area contributed by atoms with Crippen molar-refractivity contribution in [3.63, 3.8) is 0 Å². The van der Waals surface area contributed by atoms with E-state index in [1.54, 1.807) is 13.4 Å². The number of rotatable bonds is 7. The van der Waals surface area contributed by atoms with Crippen molar-refractivity contribution in [2.24, 2.45) is 5.73 Å². The van der Waals surface area contributed by atoms with E-state index in [1.807, 2.05) is 30.5 Å². The number of aromatic amines is 1. The Morgan fingerprint density at radius 3 is 2.87 bits per heavy atom. The summed E-state index contributed by atoms with van der Waals surface area (Å²) in [5.74, 6) is 1.65. The molecule has 1 saturated heterocycles. The number of amides is 1. The highest BCUT2D eigenvalue weighted by atomic mass is 16.5. The molecule has 4 N–H and O–H groups in total. The third-order valence-corrected chi connectivity index (χ3v) is 5.76. The summed E-state index contributed by atoms with van der Waals surface area (Å²) in [7, 11) is 1.62. The van der Waals surface area contributed by atoms with Gasteiger partial charge in [0.05, 0.1) is 24.5 Å². The van der Waals surface area contributed by atoms with Gasteiger partial charge < -0.3 is 25.7 Å². The number of hydrogen-bond acceptors (Lipinski definition) is 6. The normalized spacial score (nSPS) is 18.7. The number of carbonyl (C=O) groups excluding carboxylic acids is 1. The van der Waals surface area contributed by atoms with Crippen molar-refractivity contribution >= 4 is 22.8 Å². The van der Waals surface area contributed by atoms with Crippen molar-refractivity contribution in [3.8, 4) is 5.75 Å². The summed E-state index contributed by atoms with van der Waals surface area (Å²) in [5, 5.41) is 4.07. The fraction of sp³-hybridized carbons (Fsp3) is 0.409. The summed E-state index contributed by atoms with van der Waals surface area (Å²) in [5.41, 5.74) is 9.13. The highest BCUT2D eigenvalue weighted by Crippen LogP contribution is 2.31. The van der Waals surface area contributed by atoms with E-state index in [0.717, 1.165) is 47.6 Å². The van der Waals surface area contributed by atoms with E-state index in [4.69, 9.17) is 10.5 Å². The summed E-state index contributed by atoms with van der Waals surface area (Å²) < 4.78 is 5.15. The Morgan fingerprint density at radius 1 is 1.33 bits per heavy atom. The lowest BCUT2D eigenvalue weighted by atomic mass is 10.00. The largest absolute Gasteiger partial charge is 0.497 e. The van der Waals surface area contributed by atoms with Gasteiger partial charge in [-0.1, -0.05) is 19.1 Å². The molecular weight excluding hydrogens is 380 g/mol. The van der Waals surface area contributed by atoms with Gasteiger partial charge in [-0.3, -0.25) is 4.79 Å². The van der Waals surface area contributed by atoms with Gasteiger partial charge in [0.15, 0.2) is 0 Å². The summed E-state index contributed by atoms with van der Waals surface area (Å²) in [6, 6.07) is 7.51. The fourth-order valence-corrected chi connectivity index (χ4v) is 4.01. The van der Waals surface area contributed by atoms with Gasteiger partial charge in [-0.05, 0) is 36.1 Å². The highest BCUT2D eigenvalue weighted by molar-refractivity contribution is 5.91. The number of anilines is 1. The maximum atomic E-state index is 12.4. The van der Waals surface area contributed by atoms with E-state index < -0.39 is 5.54 Å². The maximum Gasteiger partial charge on any atom is 0.224 e. The van der Waals surface area contributed by atoms with Gasteiger partial charge in [-0.25, -0.2) is 9.97 Å². The Morgan fingerprint density at radius 2 is 2.13 bits per heavy atom. The molecule has 158 valence electrons. The first-order valence-corrected chi connectivity index (χ1v) is 10.3. The summed E-state index contributed by atoms with van der Waals surface area (Å²) in [6.07, 6.45) is 5.59. The quantitative estimate of drug-likeness (QED) is 0.550. The SMILES string of the molecule is CCc1c[nH]c2ncnc(N3CC[C@](N)(CNC(=O)Cc4ccc(OC)cc4)C3)c12. The van der Waals surface area contributed by atoms with Crippen LogP contribution >= 0.6 is 0 Å². The zero-order valence-corrected chi connectivity index (χ0v) is 17.4. The standard InChI is InChI=1S/C22H28N6O2/c1-3-16-11-24-20-19(16)21(27-14-26-20)28-9-8-22(23,13-28)12-25-18(29)10-15-4-6-17(30-2)7-5-15/h4-7,11,14H,3,8-10,12-13,23H2,1-2H3,(H,25,29)(H,24,26,27)/t22-/m0/s1. The van der Waals surface area contributed by atoms with Gasteiger partial charge >= 0.3 is 0 Å². The van der Waals surface area contributed by atoms with E-state index >= 15 is 0 Å². The van der Waals surface area contributed by atoms with Crippen LogP contribution in [0.3, 0.4) is 0 Å². The first-order valence-electron chi connectivity index (χ1n) is 10.3. The number of hydrogen-bond donors (Lipinski definition) is 3. The number of benzene rings is 1. The predicted octanol–water partition coefficient (Wildman–Crippen LogP) is 1.80. The fourth-order valence-electron chi connectivity index (χ4n) is 4.01. The first-order chi connectivity index (χ1) is 14.5. The lowest BCUT2D eigenvalue weighted by Crippen LogP contribution is -2.52. The lowest BCUT2D eigenvalue weighted by molar-refractivity contribution is -0.120. The number of nitrogens with two attached hydrogens (primary N) is 1. The van der Waals surface area contributed by atoms with Crippen molar-refractivity contribution < 1.29 is 9.53 Å². The number of fused-ring (bicyclic) bond motifs is 1. The van der Waals surface area contributed by atoms with Crippen LogP contribution in [0.5, 0.6) is 5.75 Å². The van der Waals surface area contributed by atoms with E-state index in [0.29, 0.717) is 19.5 Å². The molecule has 0 radical (unpaired) electrons. The van der Waals surface area contributed by atoms with Crippen molar-refractivity contribution in [2.45, 2.75) is 31.7 Å². The van der Waals surface area contributed by atoms with Crippen LogP contribution in [0.25, 0.3) is 11.0 Å². The molecule has 1 fully saturated rings. The first kappa shape index (κ1) is 20.2. The second-order valence-corrected chi connectivity index (χ2v) is 7.92. The Hall–Kier alpha value is -3.13. The van der Waals surface area contributed by atoms with Gasteiger partial charge in [-0.15, -0.1) is 0 Å². The minimum absolute atomic E-state index is 0.0354. The number of nitrogens with zero attached hydrogens (tertiary/aromatic N) is 3. The smallest absolute Gasteiger partial charge is 0.224 e. The van der Waals surface area contributed by atoms with Crippen molar-refractivity contribution in [2.75, 3.05) is 31.6 Å². The van der Waals surface area contributed by atoms with E-state index in [2.05, 4.69) is 32.1 Å². The van der Waals surface area contributed by atoms with Crippen LogP contribution in [0.4, 0.5) is 5.82 Å². The molecule has 8 heteroatoms. The van der Waals surface area contributed by atoms with Crippen LogP contribution in [-0.4, -0.2) is 53.1 Å². The third-order valence-electron chi connectivity index (χ3n) is 5.76. The van der Waals surface area contributed by atoms with Gasteiger partial charge in [0.25, 0.3) is 0 Å². The highest BCUT2D eigenvalue weighted by Gasteiger charge is 2.36. The zero-order chi connectivity index (χ0) is 21.1. The molecule has 1 aliphatic rings. The topological polar surface area (TPSA) is 109 Å². The third kappa shape index (κ3) is 4.09. The Bertz CT molecular complexity index is 1030. The van der Waals surface area contributed by atoms with Gasteiger partial charge in [0, 0.05) is 25.8 Å². The molecular formula is C22H28N6O2. The molecule has 1 amide bonds. The molecule has 0 unspecified atom stereocenters. The number of nitrogens with one attached hydrogen (secondary N) is 2. The Kier molecular flexibility index (Phi) is 5.59. The van der Waals surface area contributed by atoms with Gasteiger partial charge in [-0.2, -0.15) is 0 Å². The second-order valence-electron chi connectivity index (χ2n) is 7.92. The molecule has 0 aliphatic carbocycles. The molecule has 30 heavy (non-hydrogen) atoms. The predicted molar refractivity (Wildman–Crippen MR) is 117 cm³/mol. The maximum absolute atomic E-state index is 12.4. The van der Waals surface area contributed by atoms with E-state index in [1.165, 1.54) is 5.56 Å². The number of aryl methyl sites for hydroxylation is 1. The lowest BCUT2D eigenvalue weighted by Gasteiger charge is -2.25. The zero-order valence-electron chi connectivity index (χ0n) is 17.4. The van der Waals surface area contributed by atoms with E-state index in [-0.39, 0.29) is 5.91 Å². The molecule has 4 rings (SSSR count). The van der Waals surface area contributed by atoms with Crippen LogP contribution in [-0.2, 0) is 17.6 Å².